The lowest BCUT2D eigenvalue weighted by Gasteiger charge is -2.34. The molecule has 0 saturated carbocycles. The highest BCUT2D eigenvalue weighted by Gasteiger charge is 2.70. The summed E-state index contributed by atoms with van der Waals surface area (Å²) in [5, 5.41) is 0. The zero-order valence-electron chi connectivity index (χ0n) is 7.73. The molecule has 0 rings (SSSR count). The zero-order chi connectivity index (χ0) is 12.7. The molecule has 0 heterocycles. The Balaban J connectivity index is 5.26. The summed E-state index contributed by atoms with van der Waals surface area (Å²) in [6, 6.07) is 0. The summed E-state index contributed by atoms with van der Waals surface area (Å²) in [6.07, 6.45) is -8.66. The molecule has 92 valence electrons. The molecule has 0 amide bonds. The first kappa shape index (κ1) is 14.4. The zero-order valence-corrected chi connectivity index (χ0v) is 7.73. The molecule has 1 unspecified atom stereocenters. The largest absolute Gasteiger partial charge is 0.428 e. The molecule has 15 heavy (non-hydrogen) atoms. The van der Waals surface area contributed by atoms with Crippen LogP contribution in [0.15, 0.2) is 0 Å². The Morgan fingerprint density at radius 1 is 0.733 bits per heavy atom. The molecule has 0 saturated heterocycles. The van der Waals surface area contributed by atoms with Crippen molar-refractivity contribution in [2.24, 2.45) is 0 Å². The van der Waals surface area contributed by atoms with Gasteiger partial charge in [0, 0.05) is 6.92 Å². The van der Waals surface area contributed by atoms with E-state index in [4.69, 9.17) is 0 Å². The van der Waals surface area contributed by atoms with Gasteiger partial charge >= 0.3 is 6.18 Å². The summed E-state index contributed by atoms with van der Waals surface area (Å²) < 4.78 is 97.9. The van der Waals surface area contributed by atoms with E-state index >= 15 is 0 Å². The van der Waals surface area contributed by atoms with Crippen molar-refractivity contribution in [2.75, 3.05) is 0 Å². The highest BCUT2D eigenvalue weighted by Crippen LogP contribution is 2.50. The summed E-state index contributed by atoms with van der Waals surface area (Å²) in [6.45, 7) is -0.439. The van der Waals surface area contributed by atoms with E-state index < -0.39 is 30.1 Å². The summed E-state index contributed by atoms with van der Waals surface area (Å²) in [5.41, 5.74) is -5.22. The van der Waals surface area contributed by atoms with Crippen molar-refractivity contribution in [1.29, 1.82) is 0 Å². The Bertz CT molecular complexity index is 203. The second-order valence-electron chi connectivity index (χ2n) is 3.43. The Kier molecular flexibility index (Phi) is 3.35. The fourth-order valence-electron chi connectivity index (χ4n) is 0.932. The SMILES string of the molecule is CC(F)(F)CC(F)(C(C)(F)F)C(F)(F)F. The van der Waals surface area contributed by atoms with E-state index in [-0.39, 0.29) is 13.8 Å². The first-order chi connectivity index (χ1) is 6.21. The summed E-state index contributed by atoms with van der Waals surface area (Å²) in [5.74, 6) is -9.10. The van der Waals surface area contributed by atoms with Gasteiger partial charge in [-0.3, -0.25) is 0 Å². The van der Waals surface area contributed by atoms with Gasteiger partial charge in [0.25, 0.3) is 11.6 Å². The maximum atomic E-state index is 12.9. The summed E-state index contributed by atoms with van der Waals surface area (Å²) in [7, 11) is 0. The fraction of sp³-hybridized carbons (Fsp3) is 1.00. The van der Waals surface area contributed by atoms with Gasteiger partial charge in [-0.2, -0.15) is 13.2 Å². The van der Waals surface area contributed by atoms with E-state index in [0.29, 0.717) is 0 Å². The molecule has 0 radical (unpaired) electrons. The predicted octanol–water partition coefficient (Wildman–Crippen LogP) is 3.96. The van der Waals surface area contributed by atoms with Gasteiger partial charge in [-0.15, -0.1) is 0 Å². The van der Waals surface area contributed by atoms with E-state index in [2.05, 4.69) is 0 Å². The van der Waals surface area contributed by atoms with Crippen LogP contribution in [0.5, 0.6) is 0 Å². The van der Waals surface area contributed by atoms with Gasteiger partial charge in [0.2, 0.25) is 5.92 Å². The normalized spacial score (nSPS) is 18.8. The number of rotatable bonds is 3. The summed E-state index contributed by atoms with van der Waals surface area (Å²) in [4.78, 5) is 0. The molecule has 0 aliphatic heterocycles. The number of hydrogen-bond donors (Lipinski definition) is 0. The van der Waals surface area contributed by atoms with E-state index in [0.717, 1.165) is 0 Å². The smallest absolute Gasteiger partial charge is 0.227 e. The monoisotopic (exact) mass is 244 g/mol. The molecule has 8 heteroatoms. The molecule has 0 bridgehead atoms. The van der Waals surface area contributed by atoms with Crippen LogP contribution in [-0.2, 0) is 0 Å². The van der Waals surface area contributed by atoms with Crippen LogP contribution in [0.25, 0.3) is 0 Å². The molecule has 0 aliphatic carbocycles. The van der Waals surface area contributed by atoms with Crippen LogP contribution in [-0.4, -0.2) is 23.7 Å². The minimum absolute atomic E-state index is 0.0567. The van der Waals surface area contributed by atoms with Crippen LogP contribution in [0.4, 0.5) is 35.1 Å². The third-order valence-corrected chi connectivity index (χ3v) is 1.70. The summed E-state index contributed by atoms with van der Waals surface area (Å²) >= 11 is 0. The highest BCUT2D eigenvalue weighted by atomic mass is 19.4. The molecule has 0 spiro atoms. The number of halogens is 8. The Morgan fingerprint density at radius 3 is 1.13 bits per heavy atom. The van der Waals surface area contributed by atoms with Crippen LogP contribution in [0, 0.1) is 0 Å². The van der Waals surface area contributed by atoms with Crippen LogP contribution in [0.3, 0.4) is 0 Å². The lowest BCUT2D eigenvalue weighted by atomic mass is 9.91. The van der Waals surface area contributed by atoms with E-state index in [1.54, 1.807) is 0 Å². The van der Waals surface area contributed by atoms with Gasteiger partial charge in [-0.05, 0) is 6.92 Å². The van der Waals surface area contributed by atoms with Crippen LogP contribution in [0.2, 0.25) is 0 Å². The second kappa shape index (κ2) is 3.48. The molecule has 0 nitrogen and oxygen atoms in total. The van der Waals surface area contributed by atoms with E-state index in [1.165, 1.54) is 0 Å². The van der Waals surface area contributed by atoms with Crippen molar-refractivity contribution in [3.8, 4) is 0 Å². The maximum Gasteiger partial charge on any atom is 0.428 e. The first-order valence-electron chi connectivity index (χ1n) is 3.72. The van der Waals surface area contributed by atoms with Crippen molar-refractivity contribution in [1.82, 2.24) is 0 Å². The minimum Gasteiger partial charge on any atom is -0.227 e. The molecule has 0 aliphatic rings. The van der Waals surface area contributed by atoms with Gasteiger partial charge in [-0.25, -0.2) is 22.0 Å². The number of alkyl halides is 8. The molecule has 0 N–H and O–H groups in total. The van der Waals surface area contributed by atoms with Gasteiger partial charge in [0.1, 0.15) is 0 Å². The van der Waals surface area contributed by atoms with Crippen LogP contribution in [0.1, 0.15) is 20.3 Å². The van der Waals surface area contributed by atoms with Gasteiger partial charge in [-0.1, -0.05) is 0 Å². The fourth-order valence-corrected chi connectivity index (χ4v) is 0.932. The standard InChI is InChI=1S/C7H8F8/c1-4(8,9)3-6(12,5(2,10)11)7(13,14)15/h3H2,1-2H3. The Morgan fingerprint density at radius 2 is 1.07 bits per heavy atom. The average Bonchev–Trinajstić information content (AvgIpc) is 1.77. The van der Waals surface area contributed by atoms with Gasteiger partial charge < -0.3 is 0 Å². The maximum absolute atomic E-state index is 12.9. The van der Waals surface area contributed by atoms with E-state index in [1.807, 2.05) is 0 Å². The van der Waals surface area contributed by atoms with Crippen molar-refractivity contribution in [3.63, 3.8) is 0 Å². The molecule has 0 aromatic carbocycles. The molecule has 0 fully saturated rings. The molecule has 1 atom stereocenters. The van der Waals surface area contributed by atoms with Crippen molar-refractivity contribution >= 4 is 0 Å². The topological polar surface area (TPSA) is 0 Å². The highest BCUT2D eigenvalue weighted by molar-refractivity contribution is 4.99. The van der Waals surface area contributed by atoms with Crippen LogP contribution >= 0.6 is 0 Å². The van der Waals surface area contributed by atoms with E-state index in [9.17, 15) is 35.1 Å². The average molecular weight is 244 g/mol. The molecule has 0 aromatic rings. The molecular weight excluding hydrogens is 236 g/mol. The molecule has 0 aromatic heterocycles. The minimum atomic E-state index is -6.05. The predicted molar refractivity (Wildman–Crippen MR) is 35.8 cm³/mol. The first-order valence-corrected chi connectivity index (χ1v) is 3.72. The lowest BCUT2D eigenvalue weighted by Crippen LogP contribution is -2.56. The quantitative estimate of drug-likeness (QED) is 0.659. The lowest BCUT2D eigenvalue weighted by molar-refractivity contribution is -0.312. The van der Waals surface area contributed by atoms with Crippen molar-refractivity contribution in [2.45, 2.75) is 44.0 Å². The molecular formula is C7H8F8. The van der Waals surface area contributed by atoms with Gasteiger partial charge in [0.15, 0.2) is 0 Å². The van der Waals surface area contributed by atoms with Crippen molar-refractivity contribution < 1.29 is 35.1 Å². The third kappa shape index (κ3) is 3.20. The van der Waals surface area contributed by atoms with Crippen molar-refractivity contribution in [3.05, 3.63) is 0 Å². The third-order valence-electron chi connectivity index (χ3n) is 1.70. The number of hydrogen-bond acceptors (Lipinski definition) is 0. The van der Waals surface area contributed by atoms with Gasteiger partial charge in [0.05, 0.1) is 6.42 Å². The Hall–Kier alpha value is -0.560. The second-order valence-corrected chi connectivity index (χ2v) is 3.43. The van der Waals surface area contributed by atoms with Crippen LogP contribution < -0.4 is 0 Å². The Labute approximate surface area is 80.3 Å².